The van der Waals surface area contributed by atoms with Crippen molar-refractivity contribution in [2.24, 2.45) is 0 Å². The number of nitrogens with zero attached hydrogens (tertiary/aromatic N) is 3. The number of pyridine rings is 2. The van der Waals surface area contributed by atoms with Gasteiger partial charge in [0, 0.05) is 35.6 Å². The van der Waals surface area contributed by atoms with Crippen molar-refractivity contribution in [2.75, 3.05) is 19.0 Å². The summed E-state index contributed by atoms with van der Waals surface area (Å²) in [6, 6.07) is 11.1. The number of nitrogens with one attached hydrogen (secondary N) is 1. The summed E-state index contributed by atoms with van der Waals surface area (Å²) in [5.74, 6) is -0.445. The van der Waals surface area contributed by atoms with Crippen molar-refractivity contribution in [3.8, 4) is 0 Å². The molecule has 32 heavy (non-hydrogen) atoms. The number of anilines is 2. The van der Waals surface area contributed by atoms with Crippen molar-refractivity contribution < 1.29 is 14.3 Å². The van der Waals surface area contributed by atoms with Crippen LogP contribution in [0.5, 0.6) is 0 Å². The summed E-state index contributed by atoms with van der Waals surface area (Å²) in [7, 11) is 1.35. The fraction of sp³-hybridized carbons (Fsp3) is 0.360. The Bertz CT molecular complexity index is 1160. The van der Waals surface area contributed by atoms with Gasteiger partial charge in [0.15, 0.2) is 5.65 Å². The Hall–Kier alpha value is -3.48. The molecule has 3 heterocycles. The Morgan fingerprint density at radius 3 is 2.84 bits per heavy atom. The smallest absolute Gasteiger partial charge is 0.337 e. The van der Waals surface area contributed by atoms with Crippen LogP contribution >= 0.6 is 0 Å². The lowest BCUT2D eigenvalue weighted by atomic mass is 9.98. The first kappa shape index (κ1) is 21.7. The summed E-state index contributed by atoms with van der Waals surface area (Å²) in [5, 5.41) is 4.13. The van der Waals surface area contributed by atoms with Gasteiger partial charge in [-0.15, -0.1) is 0 Å². The van der Waals surface area contributed by atoms with Gasteiger partial charge < -0.3 is 15.0 Å². The van der Waals surface area contributed by atoms with Crippen LogP contribution in [0.25, 0.3) is 11.0 Å². The van der Waals surface area contributed by atoms with Crippen LogP contribution in [0, 0.1) is 6.92 Å². The molecule has 1 aliphatic heterocycles. The zero-order valence-corrected chi connectivity index (χ0v) is 18.7. The monoisotopic (exact) mass is 432 g/mol. The highest BCUT2D eigenvalue weighted by atomic mass is 16.5. The molecule has 0 radical (unpaired) electrons. The maximum absolute atomic E-state index is 13.7. The van der Waals surface area contributed by atoms with E-state index in [2.05, 4.69) is 22.2 Å². The fourth-order valence-corrected chi connectivity index (χ4v) is 4.30. The number of hydrogen-bond donors (Lipinski definition) is 1. The van der Waals surface area contributed by atoms with Gasteiger partial charge in [-0.2, -0.15) is 0 Å². The molecule has 7 nitrogen and oxygen atoms in total. The second-order valence-electron chi connectivity index (χ2n) is 8.12. The fourth-order valence-electron chi connectivity index (χ4n) is 4.30. The van der Waals surface area contributed by atoms with Crippen LogP contribution in [0.3, 0.4) is 0 Å². The number of piperidine rings is 1. The topological polar surface area (TPSA) is 84.4 Å². The van der Waals surface area contributed by atoms with Crippen LogP contribution in [0.2, 0.25) is 0 Å². The second kappa shape index (κ2) is 9.34. The lowest BCUT2D eigenvalue weighted by Gasteiger charge is -2.35. The third-order valence-electron chi connectivity index (χ3n) is 6.01. The quantitative estimate of drug-likeness (QED) is 0.579. The van der Waals surface area contributed by atoms with Crippen molar-refractivity contribution in [2.45, 2.75) is 45.6 Å². The Balaban J connectivity index is 1.80. The molecule has 166 valence electrons. The van der Waals surface area contributed by atoms with Gasteiger partial charge in [0.1, 0.15) is 0 Å². The number of methoxy groups -OCH3 is 1. The maximum Gasteiger partial charge on any atom is 0.337 e. The van der Waals surface area contributed by atoms with Gasteiger partial charge in [0.2, 0.25) is 0 Å². The molecule has 1 amide bonds. The van der Waals surface area contributed by atoms with Crippen LogP contribution in [0.4, 0.5) is 11.4 Å². The molecule has 1 aromatic carbocycles. The number of fused-ring (bicyclic) bond motifs is 1. The van der Waals surface area contributed by atoms with E-state index in [1.165, 1.54) is 7.11 Å². The van der Waals surface area contributed by atoms with E-state index in [1.807, 2.05) is 30.0 Å². The molecule has 1 aliphatic rings. The second-order valence-corrected chi connectivity index (χ2v) is 8.12. The predicted molar refractivity (Wildman–Crippen MR) is 124 cm³/mol. The van der Waals surface area contributed by atoms with Gasteiger partial charge in [-0.1, -0.05) is 13.0 Å². The van der Waals surface area contributed by atoms with Gasteiger partial charge >= 0.3 is 5.97 Å². The molecule has 1 N–H and O–H groups in total. The average molecular weight is 433 g/mol. The van der Waals surface area contributed by atoms with E-state index in [9.17, 15) is 9.59 Å². The summed E-state index contributed by atoms with van der Waals surface area (Å²) in [6.07, 6.45) is 5.72. The number of likely N-dealkylation sites (tertiary alicyclic amines) is 1. The third kappa shape index (κ3) is 4.28. The molecule has 1 fully saturated rings. The Morgan fingerprint density at radius 1 is 1.22 bits per heavy atom. The molecule has 1 atom stereocenters. The largest absolute Gasteiger partial charge is 0.465 e. The number of rotatable bonds is 5. The van der Waals surface area contributed by atoms with E-state index in [0.717, 1.165) is 43.3 Å². The van der Waals surface area contributed by atoms with E-state index >= 15 is 0 Å². The normalized spacial score (nSPS) is 16.1. The molecule has 0 spiro atoms. The Labute approximate surface area is 187 Å². The molecule has 2 aromatic heterocycles. The number of esters is 1. The number of carbonyl (C=O) groups is 2. The van der Waals surface area contributed by atoms with E-state index in [-0.39, 0.29) is 11.9 Å². The van der Waals surface area contributed by atoms with Gasteiger partial charge in [0.25, 0.3) is 5.91 Å². The number of aryl methyl sites for hydroxylation is 1. The van der Waals surface area contributed by atoms with Gasteiger partial charge in [-0.3, -0.25) is 4.79 Å². The summed E-state index contributed by atoms with van der Waals surface area (Å²) in [5.41, 5.74) is 3.69. The first-order chi connectivity index (χ1) is 15.5. The van der Waals surface area contributed by atoms with Crippen LogP contribution < -0.4 is 5.32 Å². The van der Waals surface area contributed by atoms with Crippen molar-refractivity contribution in [3.63, 3.8) is 0 Å². The van der Waals surface area contributed by atoms with Crippen LogP contribution in [-0.2, 0) is 4.74 Å². The molecule has 7 heteroatoms. The molecule has 4 rings (SSSR count). The highest BCUT2D eigenvalue weighted by Gasteiger charge is 2.29. The first-order valence-electron chi connectivity index (χ1n) is 11.0. The van der Waals surface area contributed by atoms with Crippen molar-refractivity contribution >= 4 is 34.3 Å². The lowest BCUT2D eigenvalue weighted by molar-refractivity contribution is 0.0595. The molecule has 0 aliphatic carbocycles. The van der Waals surface area contributed by atoms with E-state index in [0.29, 0.717) is 28.1 Å². The molecule has 0 unspecified atom stereocenters. The molecular formula is C25H28N4O3. The standard InChI is InChI=1S/C25H28N4O3/c1-4-19-10-5-6-13-29(19)24(30)21-15-26-23-20(12-11-16(2)27-23)22(21)28-18-9-7-8-17(14-18)25(31)32-3/h7-9,11-12,14-15,19H,4-6,10,13H2,1-3H3,(H,26,27,28)/t19-/m0/s1. The van der Waals surface area contributed by atoms with E-state index < -0.39 is 5.97 Å². The molecule has 1 saturated heterocycles. The number of ether oxygens (including phenoxy) is 1. The van der Waals surface area contributed by atoms with Crippen molar-refractivity contribution in [1.82, 2.24) is 14.9 Å². The third-order valence-corrected chi connectivity index (χ3v) is 6.01. The van der Waals surface area contributed by atoms with E-state index in [4.69, 9.17) is 4.74 Å². The Morgan fingerprint density at radius 2 is 2.06 bits per heavy atom. The SMILES string of the molecule is CC[C@H]1CCCCN1C(=O)c1cnc2nc(C)ccc2c1Nc1cccc(C(=O)OC)c1. The number of hydrogen-bond acceptors (Lipinski definition) is 6. The average Bonchev–Trinajstić information content (AvgIpc) is 2.83. The Kier molecular flexibility index (Phi) is 6.35. The maximum atomic E-state index is 13.7. The number of carbonyl (C=O) groups excluding carboxylic acids is 2. The summed E-state index contributed by atoms with van der Waals surface area (Å²) in [4.78, 5) is 36.7. The zero-order chi connectivity index (χ0) is 22.7. The van der Waals surface area contributed by atoms with Crippen LogP contribution in [0.1, 0.15) is 59.0 Å². The highest BCUT2D eigenvalue weighted by molar-refractivity contribution is 6.07. The van der Waals surface area contributed by atoms with Gasteiger partial charge in [-0.05, 0) is 62.9 Å². The number of benzene rings is 1. The van der Waals surface area contributed by atoms with E-state index in [1.54, 1.807) is 24.4 Å². The summed E-state index contributed by atoms with van der Waals surface area (Å²) < 4.78 is 4.84. The first-order valence-corrected chi connectivity index (χ1v) is 11.0. The minimum absolute atomic E-state index is 0.0295. The minimum atomic E-state index is -0.416. The van der Waals surface area contributed by atoms with Crippen LogP contribution in [0.15, 0.2) is 42.6 Å². The highest BCUT2D eigenvalue weighted by Crippen LogP contribution is 2.32. The van der Waals surface area contributed by atoms with Gasteiger partial charge in [-0.25, -0.2) is 14.8 Å². The lowest BCUT2D eigenvalue weighted by Crippen LogP contribution is -2.43. The predicted octanol–water partition coefficient (Wildman–Crippen LogP) is 4.87. The summed E-state index contributed by atoms with van der Waals surface area (Å²) >= 11 is 0. The molecule has 0 bridgehead atoms. The molecular weight excluding hydrogens is 404 g/mol. The summed E-state index contributed by atoms with van der Waals surface area (Å²) in [6.45, 7) is 4.78. The van der Waals surface area contributed by atoms with Crippen molar-refractivity contribution in [3.05, 3.63) is 59.4 Å². The number of amides is 1. The molecule has 3 aromatic rings. The minimum Gasteiger partial charge on any atom is -0.465 e. The van der Waals surface area contributed by atoms with Gasteiger partial charge in [0.05, 0.1) is 23.9 Å². The van der Waals surface area contributed by atoms with Crippen LogP contribution in [-0.4, -0.2) is 46.4 Å². The number of aromatic nitrogens is 2. The molecule has 0 saturated carbocycles. The zero-order valence-electron chi connectivity index (χ0n) is 18.7. The van der Waals surface area contributed by atoms with Crippen molar-refractivity contribution in [1.29, 1.82) is 0 Å².